The summed E-state index contributed by atoms with van der Waals surface area (Å²) < 4.78 is 1.02. The Morgan fingerprint density at radius 3 is 2.52 bits per heavy atom. The summed E-state index contributed by atoms with van der Waals surface area (Å²) in [5, 5.41) is 8.47. The predicted molar refractivity (Wildman–Crippen MR) is 100 cm³/mol. The first-order valence-corrected chi connectivity index (χ1v) is 9.58. The molecule has 0 fully saturated rings. The highest BCUT2D eigenvalue weighted by atomic mass is 79.9. The molecule has 0 bridgehead atoms. The Kier molecular flexibility index (Phi) is 5.65. The quantitative estimate of drug-likeness (QED) is 0.754. The van der Waals surface area contributed by atoms with E-state index < -0.39 is 5.41 Å². The molecule has 0 aromatic carbocycles. The molecule has 23 heavy (non-hydrogen) atoms. The zero-order chi connectivity index (χ0) is 17.2. The molecule has 0 unspecified atom stereocenters. The van der Waals surface area contributed by atoms with Crippen LogP contribution >= 0.6 is 38.6 Å². The number of amides is 2. The second-order valence-electron chi connectivity index (χ2n) is 6.24. The number of nitrogens with one attached hydrogen (secondary N) is 2. The minimum Gasteiger partial charge on any atom is -0.346 e. The fraction of sp³-hybridized carbons (Fsp3) is 0.375. The van der Waals surface area contributed by atoms with Crippen molar-refractivity contribution in [1.29, 1.82) is 0 Å². The number of thiophene rings is 2. The molecule has 0 radical (unpaired) electrons. The Bertz CT molecular complexity index is 729. The average Bonchev–Trinajstić information content (AvgIpc) is 3.01. The van der Waals surface area contributed by atoms with Crippen LogP contribution in [0.1, 0.15) is 40.9 Å². The first kappa shape index (κ1) is 18.2. The molecule has 2 aromatic rings. The molecule has 0 atom stereocenters. The third-order valence-electron chi connectivity index (χ3n) is 3.09. The van der Waals surface area contributed by atoms with E-state index in [1.807, 2.05) is 45.2 Å². The molecule has 2 rings (SSSR count). The summed E-state index contributed by atoms with van der Waals surface area (Å²) in [7, 11) is 0. The van der Waals surface area contributed by atoms with Crippen LogP contribution in [0.2, 0.25) is 0 Å². The molecule has 2 N–H and O–H groups in total. The Morgan fingerprint density at radius 1 is 1.26 bits per heavy atom. The fourth-order valence-electron chi connectivity index (χ4n) is 1.76. The number of anilines is 1. The molecular weight excluding hydrogens is 396 g/mol. The van der Waals surface area contributed by atoms with Crippen molar-refractivity contribution in [2.24, 2.45) is 5.41 Å². The van der Waals surface area contributed by atoms with Gasteiger partial charge in [-0.3, -0.25) is 9.59 Å². The highest BCUT2D eigenvalue weighted by Gasteiger charge is 2.23. The fourth-order valence-corrected chi connectivity index (χ4v) is 4.14. The van der Waals surface area contributed by atoms with Gasteiger partial charge in [0, 0.05) is 20.1 Å². The number of hydrogen-bond donors (Lipinski definition) is 2. The summed E-state index contributed by atoms with van der Waals surface area (Å²) in [6.45, 7) is 7.94. The van der Waals surface area contributed by atoms with E-state index in [0.717, 1.165) is 14.9 Å². The first-order chi connectivity index (χ1) is 10.7. The predicted octanol–water partition coefficient (Wildman–Crippen LogP) is 4.80. The van der Waals surface area contributed by atoms with Crippen molar-refractivity contribution in [3.8, 4) is 0 Å². The van der Waals surface area contributed by atoms with Gasteiger partial charge in [0.2, 0.25) is 5.91 Å². The van der Waals surface area contributed by atoms with E-state index in [1.54, 1.807) is 11.3 Å². The lowest BCUT2D eigenvalue weighted by molar-refractivity contribution is -0.123. The SMILES string of the molecule is Cc1cc(NC(=O)C(C)(C)C)sc1C(=O)NCc1cc(Br)cs1. The maximum atomic E-state index is 12.3. The van der Waals surface area contributed by atoms with Crippen molar-refractivity contribution in [1.82, 2.24) is 5.32 Å². The molecule has 2 heterocycles. The highest BCUT2D eigenvalue weighted by molar-refractivity contribution is 9.10. The van der Waals surface area contributed by atoms with Gasteiger partial charge in [0.1, 0.15) is 0 Å². The number of hydrogen-bond acceptors (Lipinski definition) is 4. The summed E-state index contributed by atoms with van der Waals surface area (Å²) in [5.41, 5.74) is 0.399. The van der Waals surface area contributed by atoms with Gasteiger partial charge in [-0.25, -0.2) is 0 Å². The highest BCUT2D eigenvalue weighted by Crippen LogP contribution is 2.28. The van der Waals surface area contributed by atoms with Crippen LogP contribution in [0.3, 0.4) is 0 Å². The molecular formula is C16H19BrN2O2S2. The number of rotatable bonds is 4. The van der Waals surface area contributed by atoms with Gasteiger partial charge < -0.3 is 10.6 Å². The maximum absolute atomic E-state index is 12.3. The van der Waals surface area contributed by atoms with Gasteiger partial charge in [-0.15, -0.1) is 22.7 Å². The molecule has 0 aliphatic rings. The van der Waals surface area contributed by atoms with Crippen molar-refractivity contribution in [2.45, 2.75) is 34.2 Å². The zero-order valence-electron chi connectivity index (χ0n) is 13.5. The first-order valence-electron chi connectivity index (χ1n) is 7.10. The average molecular weight is 415 g/mol. The number of carbonyl (C=O) groups excluding carboxylic acids is 2. The topological polar surface area (TPSA) is 58.2 Å². The van der Waals surface area contributed by atoms with Gasteiger partial charge in [-0.2, -0.15) is 0 Å². The standard InChI is InChI=1S/C16H19BrN2O2S2/c1-9-5-12(19-15(21)16(2,3)4)23-13(9)14(20)18-7-11-6-10(17)8-22-11/h5-6,8H,7H2,1-4H3,(H,18,20)(H,19,21). The van der Waals surface area contributed by atoms with E-state index in [4.69, 9.17) is 0 Å². The molecule has 2 amide bonds. The molecule has 124 valence electrons. The van der Waals surface area contributed by atoms with Crippen LogP contribution in [0.15, 0.2) is 22.0 Å². The minimum atomic E-state index is -0.465. The van der Waals surface area contributed by atoms with Crippen molar-refractivity contribution in [3.63, 3.8) is 0 Å². The van der Waals surface area contributed by atoms with E-state index in [-0.39, 0.29) is 11.8 Å². The monoisotopic (exact) mass is 414 g/mol. The number of halogens is 1. The summed E-state index contributed by atoms with van der Waals surface area (Å²) >= 11 is 6.29. The van der Waals surface area contributed by atoms with Gasteiger partial charge >= 0.3 is 0 Å². The smallest absolute Gasteiger partial charge is 0.261 e. The van der Waals surface area contributed by atoms with Gasteiger partial charge in [0.25, 0.3) is 5.91 Å². The van der Waals surface area contributed by atoms with E-state index >= 15 is 0 Å². The van der Waals surface area contributed by atoms with Crippen LogP contribution in [0.25, 0.3) is 0 Å². The lowest BCUT2D eigenvalue weighted by Gasteiger charge is -2.16. The Hall–Kier alpha value is -1.18. The van der Waals surface area contributed by atoms with Crippen LogP contribution in [-0.2, 0) is 11.3 Å². The third kappa shape index (κ3) is 4.89. The molecule has 2 aromatic heterocycles. The van der Waals surface area contributed by atoms with Crippen LogP contribution in [0.4, 0.5) is 5.00 Å². The van der Waals surface area contributed by atoms with E-state index in [9.17, 15) is 9.59 Å². The normalized spacial score (nSPS) is 11.3. The number of carbonyl (C=O) groups is 2. The summed E-state index contributed by atoms with van der Waals surface area (Å²) in [6.07, 6.45) is 0. The summed E-state index contributed by atoms with van der Waals surface area (Å²) in [6, 6.07) is 3.83. The lowest BCUT2D eigenvalue weighted by atomic mass is 9.96. The molecule has 0 aliphatic heterocycles. The zero-order valence-corrected chi connectivity index (χ0v) is 16.7. The molecule has 4 nitrogen and oxygen atoms in total. The van der Waals surface area contributed by atoms with Gasteiger partial charge in [-0.05, 0) is 40.5 Å². The van der Waals surface area contributed by atoms with Gasteiger partial charge in [-0.1, -0.05) is 20.8 Å². The Balaban J connectivity index is 2.02. The lowest BCUT2D eigenvalue weighted by Crippen LogP contribution is -2.27. The molecule has 0 saturated carbocycles. The van der Waals surface area contributed by atoms with E-state index in [2.05, 4.69) is 26.6 Å². The molecule has 0 saturated heterocycles. The van der Waals surface area contributed by atoms with Crippen molar-refractivity contribution in [3.05, 3.63) is 37.3 Å². The summed E-state index contributed by atoms with van der Waals surface area (Å²) in [5.74, 6) is -0.178. The van der Waals surface area contributed by atoms with Crippen LogP contribution in [0.5, 0.6) is 0 Å². The number of aryl methyl sites for hydroxylation is 1. The molecule has 0 spiro atoms. The van der Waals surface area contributed by atoms with Crippen molar-refractivity contribution >= 4 is 55.4 Å². The largest absolute Gasteiger partial charge is 0.346 e. The van der Waals surface area contributed by atoms with Crippen LogP contribution < -0.4 is 10.6 Å². The van der Waals surface area contributed by atoms with E-state index in [0.29, 0.717) is 16.4 Å². The Morgan fingerprint density at radius 2 is 1.96 bits per heavy atom. The second-order valence-corrected chi connectivity index (χ2v) is 9.20. The van der Waals surface area contributed by atoms with Crippen molar-refractivity contribution in [2.75, 3.05) is 5.32 Å². The summed E-state index contributed by atoms with van der Waals surface area (Å²) in [4.78, 5) is 26.1. The third-order valence-corrected chi connectivity index (χ3v) is 5.94. The second kappa shape index (κ2) is 7.15. The van der Waals surface area contributed by atoms with E-state index in [1.165, 1.54) is 11.3 Å². The minimum absolute atomic E-state index is 0.0610. The van der Waals surface area contributed by atoms with Crippen molar-refractivity contribution < 1.29 is 9.59 Å². The Labute approximate surface area is 152 Å². The maximum Gasteiger partial charge on any atom is 0.261 e. The van der Waals surface area contributed by atoms with Crippen LogP contribution in [0, 0.1) is 12.3 Å². The van der Waals surface area contributed by atoms with Gasteiger partial charge in [0.05, 0.1) is 16.4 Å². The van der Waals surface area contributed by atoms with Gasteiger partial charge in [0.15, 0.2) is 0 Å². The van der Waals surface area contributed by atoms with Crippen LogP contribution in [-0.4, -0.2) is 11.8 Å². The molecule has 0 aliphatic carbocycles. The molecule has 7 heteroatoms.